The summed E-state index contributed by atoms with van der Waals surface area (Å²) in [4.78, 5) is 0.328. The van der Waals surface area contributed by atoms with Crippen LogP contribution in [0, 0.1) is 6.92 Å². The fourth-order valence-electron chi connectivity index (χ4n) is 4.34. The van der Waals surface area contributed by atoms with E-state index in [0.717, 1.165) is 11.1 Å². The summed E-state index contributed by atoms with van der Waals surface area (Å²) in [5, 5.41) is 0. The highest BCUT2D eigenvalue weighted by Gasteiger charge is 2.51. The van der Waals surface area contributed by atoms with Gasteiger partial charge in [0.1, 0.15) is 0 Å². The van der Waals surface area contributed by atoms with Crippen molar-refractivity contribution in [2.24, 2.45) is 0 Å². The first-order valence-corrected chi connectivity index (χ1v) is 11.0. The number of methoxy groups -OCH3 is 2. The quantitative estimate of drug-likeness (QED) is 0.750. The summed E-state index contributed by atoms with van der Waals surface area (Å²) in [7, 11) is -0.396. The Morgan fingerprint density at radius 3 is 2.41 bits per heavy atom. The average Bonchev–Trinajstić information content (AvgIpc) is 3.15. The van der Waals surface area contributed by atoms with Gasteiger partial charge < -0.3 is 9.47 Å². The van der Waals surface area contributed by atoms with Crippen LogP contribution in [0.4, 0.5) is 0 Å². The molecule has 1 saturated heterocycles. The lowest BCUT2D eigenvalue weighted by Crippen LogP contribution is -2.43. The zero-order chi connectivity index (χ0) is 20.6. The van der Waals surface area contributed by atoms with Crippen molar-refractivity contribution in [1.29, 1.82) is 0 Å². The van der Waals surface area contributed by atoms with Crippen molar-refractivity contribution in [1.82, 2.24) is 4.31 Å². The third-order valence-electron chi connectivity index (χ3n) is 5.93. The van der Waals surface area contributed by atoms with E-state index in [9.17, 15) is 8.42 Å². The summed E-state index contributed by atoms with van der Waals surface area (Å²) in [6.45, 7) is 2.40. The zero-order valence-corrected chi connectivity index (χ0v) is 17.6. The molecule has 152 valence electrons. The van der Waals surface area contributed by atoms with Crippen LogP contribution in [-0.2, 0) is 15.4 Å². The molecule has 2 aromatic carbocycles. The molecule has 6 heteroatoms. The van der Waals surface area contributed by atoms with Crippen LogP contribution in [0.3, 0.4) is 0 Å². The highest BCUT2D eigenvalue weighted by Crippen LogP contribution is 2.47. The summed E-state index contributed by atoms with van der Waals surface area (Å²) >= 11 is 0. The second kappa shape index (κ2) is 7.35. The van der Waals surface area contributed by atoms with Crippen molar-refractivity contribution in [3.8, 4) is 11.5 Å². The van der Waals surface area contributed by atoms with Gasteiger partial charge in [-0.2, -0.15) is 4.31 Å². The van der Waals surface area contributed by atoms with Crippen molar-refractivity contribution in [3.63, 3.8) is 0 Å². The molecule has 0 aromatic heterocycles. The third kappa shape index (κ3) is 3.16. The molecular weight excluding hydrogens is 386 g/mol. The largest absolute Gasteiger partial charge is 0.493 e. The van der Waals surface area contributed by atoms with Gasteiger partial charge in [0.05, 0.1) is 25.2 Å². The smallest absolute Gasteiger partial charge is 0.243 e. The molecule has 29 heavy (non-hydrogen) atoms. The molecule has 1 aliphatic carbocycles. The molecule has 0 radical (unpaired) electrons. The first-order valence-electron chi connectivity index (χ1n) is 9.59. The number of nitrogens with zero attached hydrogens (tertiary/aromatic N) is 1. The maximum absolute atomic E-state index is 13.4. The van der Waals surface area contributed by atoms with Crippen molar-refractivity contribution < 1.29 is 17.9 Å². The predicted molar refractivity (Wildman–Crippen MR) is 113 cm³/mol. The van der Waals surface area contributed by atoms with Gasteiger partial charge in [0, 0.05) is 12.0 Å². The number of hydrogen-bond donors (Lipinski definition) is 0. The fourth-order valence-corrected chi connectivity index (χ4v) is 5.98. The number of rotatable bonds is 5. The van der Waals surface area contributed by atoms with Gasteiger partial charge >= 0.3 is 0 Å². The number of benzene rings is 2. The maximum Gasteiger partial charge on any atom is 0.243 e. The molecule has 4 rings (SSSR count). The Balaban J connectivity index is 1.77. The molecule has 0 unspecified atom stereocenters. The average molecular weight is 412 g/mol. The molecule has 0 amide bonds. The van der Waals surface area contributed by atoms with Gasteiger partial charge in [0.2, 0.25) is 10.0 Å². The second-order valence-corrected chi connectivity index (χ2v) is 9.37. The van der Waals surface area contributed by atoms with Crippen LogP contribution in [0.25, 0.3) is 0 Å². The van der Waals surface area contributed by atoms with Gasteiger partial charge in [-0.15, -0.1) is 0 Å². The number of sulfonamides is 1. The number of allylic oxidation sites excluding steroid dienone is 2. The van der Waals surface area contributed by atoms with E-state index in [2.05, 4.69) is 6.08 Å². The van der Waals surface area contributed by atoms with Crippen molar-refractivity contribution in [2.75, 3.05) is 20.8 Å². The van der Waals surface area contributed by atoms with Gasteiger partial charge in [-0.25, -0.2) is 8.42 Å². The zero-order valence-electron chi connectivity index (χ0n) is 16.8. The number of aryl methyl sites for hydroxylation is 1. The van der Waals surface area contributed by atoms with Crippen molar-refractivity contribution >= 4 is 10.0 Å². The van der Waals surface area contributed by atoms with E-state index in [1.54, 1.807) is 30.7 Å². The van der Waals surface area contributed by atoms with E-state index in [0.29, 0.717) is 29.4 Å². The lowest BCUT2D eigenvalue weighted by molar-refractivity contribution is 0.351. The summed E-state index contributed by atoms with van der Waals surface area (Å²) in [5.74, 6) is 1.29. The van der Waals surface area contributed by atoms with Gasteiger partial charge in [0.25, 0.3) is 0 Å². The van der Waals surface area contributed by atoms with Crippen LogP contribution in [0.5, 0.6) is 11.5 Å². The van der Waals surface area contributed by atoms with E-state index in [1.807, 2.05) is 55.5 Å². The summed E-state index contributed by atoms with van der Waals surface area (Å²) in [5.41, 5.74) is 1.61. The molecule has 1 aliphatic heterocycles. The van der Waals surface area contributed by atoms with Crippen LogP contribution in [-0.4, -0.2) is 39.5 Å². The van der Waals surface area contributed by atoms with Crippen LogP contribution < -0.4 is 9.47 Å². The lowest BCUT2D eigenvalue weighted by Gasteiger charge is -2.36. The van der Waals surface area contributed by atoms with Crippen LogP contribution in [0.1, 0.15) is 17.5 Å². The Kier molecular flexibility index (Phi) is 5.00. The molecule has 2 aromatic rings. The second-order valence-electron chi connectivity index (χ2n) is 7.48. The van der Waals surface area contributed by atoms with Gasteiger partial charge in [0.15, 0.2) is 11.5 Å². The van der Waals surface area contributed by atoms with Gasteiger partial charge in [-0.05, 0) is 43.2 Å². The Morgan fingerprint density at radius 2 is 1.72 bits per heavy atom. The van der Waals surface area contributed by atoms with Crippen molar-refractivity contribution in [2.45, 2.75) is 29.7 Å². The number of fused-ring (bicyclic) bond motifs is 1. The Hall–Kier alpha value is -2.57. The molecule has 1 heterocycles. The lowest BCUT2D eigenvalue weighted by atomic mass is 9.72. The Bertz CT molecular complexity index is 1070. The van der Waals surface area contributed by atoms with Crippen LogP contribution in [0.2, 0.25) is 0 Å². The van der Waals surface area contributed by atoms with E-state index in [1.165, 1.54) is 0 Å². The normalized spacial score (nSPS) is 23.8. The predicted octanol–water partition coefficient (Wildman–Crippen LogP) is 3.84. The first kappa shape index (κ1) is 19.7. The molecular formula is C23H25NO4S. The molecule has 0 spiro atoms. The Morgan fingerprint density at radius 1 is 1.00 bits per heavy atom. The topological polar surface area (TPSA) is 55.8 Å². The number of hydrogen-bond acceptors (Lipinski definition) is 4. The standard InChI is InChI=1S/C23H25NO4S/c1-17-7-10-19(11-8-17)29(25,26)24-15-14-23(13-5-4-6-22(23)24)18-9-12-20(27-2)21(16-18)28-3/h4-13,16,22H,14-15H2,1-3H3/t22-,23-/m0/s1. The summed E-state index contributed by atoms with van der Waals surface area (Å²) < 4.78 is 39.3. The third-order valence-corrected chi connectivity index (χ3v) is 7.83. The molecule has 5 nitrogen and oxygen atoms in total. The SMILES string of the molecule is COc1ccc([C@@]23C=CC=C[C@@H]2N(S(=O)(=O)c2ccc(C)cc2)CC3)cc1OC. The minimum atomic E-state index is -3.61. The minimum absolute atomic E-state index is 0.295. The van der Waals surface area contributed by atoms with Crippen LogP contribution >= 0.6 is 0 Å². The Labute approximate surface area is 172 Å². The van der Waals surface area contributed by atoms with E-state index in [-0.39, 0.29) is 6.04 Å². The molecule has 0 bridgehead atoms. The van der Waals surface area contributed by atoms with Gasteiger partial charge in [-0.3, -0.25) is 0 Å². The van der Waals surface area contributed by atoms with Crippen LogP contribution in [0.15, 0.2) is 71.7 Å². The van der Waals surface area contributed by atoms with Crippen molar-refractivity contribution in [3.05, 3.63) is 77.9 Å². The molecule has 0 saturated carbocycles. The monoisotopic (exact) mass is 411 g/mol. The minimum Gasteiger partial charge on any atom is -0.493 e. The first-order chi connectivity index (χ1) is 13.9. The van der Waals surface area contributed by atoms with E-state index in [4.69, 9.17) is 9.47 Å². The van der Waals surface area contributed by atoms with E-state index >= 15 is 0 Å². The molecule has 1 fully saturated rings. The summed E-state index contributed by atoms with van der Waals surface area (Å²) in [6.07, 6.45) is 8.71. The van der Waals surface area contributed by atoms with E-state index < -0.39 is 15.4 Å². The fraction of sp³-hybridized carbons (Fsp3) is 0.304. The maximum atomic E-state index is 13.4. The summed E-state index contributed by atoms with van der Waals surface area (Å²) in [6, 6.07) is 12.6. The highest BCUT2D eigenvalue weighted by atomic mass is 32.2. The van der Waals surface area contributed by atoms with Gasteiger partial charge in [-0.1, -0.05) is 48.1 Å². The molecule has 2 atom stereocenters. The number of ether oxygens (including phenoxy) is 2. The molecule has 0 N–H and O–H groups in total. The molecule has 2 aliphatic rings. The highest BCUT2D eigenvalue weighted by molar-refractivity contribution is 7.89.